The summed E-state index contributed by atoms with van der Waals surface area (Å²) >= 11 is 1.77. The maximum atomic E-state index is 6.07. The smallest absolute Gasteiger partial charge is 0.223 e. The molecule has 8 nitrogen and oxygen atoms in total. The number of anilines is 1. The quantitative estimate of drug-likeness (QED) is 0.623. The molecule has 0 spiro atoms. The molecule has 1 unspecified atom stereocenters. The third-order valence-electron chi connectivity index (χ3n) is 6.24. The lowest BCUT2D eigenvalue weighted by atomic mass is 10.1. The van der Waals surface area contributed by atoms with Gasteiger partial charge in [0.25, 0.3) is 0 Å². The number of pyridine rings is 1. The van der Waals surface area contributed by atoms with E-state index >= 15 is 0 Å². The zero-order valence-corrected chi connectivity index (χ0v) is 18.7. The normalized spacial score (nSPS) is 18.8. The van der Waals surface area contributed by atoms with E-state index in [1.165, 1.54) is 12.8 Å². The second-order valence-corrected chi connectivity index (χ2v) is 9.31. The average molecular weight is 426 g/mol. The first-order chi connectivity index (χ1) is 14.5. The molecule has 0 amide bonds. The van der Waals surface area contributed by atoms with E-state index in [0.29, 0.717) is 18.6 Å². The van der Waals surface area contributed by atoms with Crippen molar-refractivity contribution in [2.45, 2.75) is 56.8 Å². The SMILES string of the molecule is COc1c(C)cnc(Cn2nc3c4c(nc(N)nc42)SCC(N(C)C2CC2)C3)c1C. The van der Waals surface area contributed by atoms with Crippen LogP contribution in [-0.2, 0) is 13.0 Å². The Labute approximate surface area is 180 Å². The number of hydrogen-bond donors (Lipinski definition) is 1. The number of ether oxygens (including phenoxy) is 1. The molecule has 0 bridgehead atoms. The van der Waals surface area contributed by atoms with Gasteiger partial charge in [0.05, 0.1) is 30.4 Å². The van der Waals surface area contributed by atoms with E-state index in [1.807, 2.05) is 24.7 Å². The third-order valence-corrected chi connectivity index (χ3v) is 7.36. The Bertz CT molecular complexity index is 1120. The van der Waals surface area contributed by atoms with Crippen LogP contribution in [0.1, 0.15) is 35.4 Å². The van der Waals surface area contributed by atoms with Crippen LogP contribution in [0, 0.1) is 13.8 Å². The summed E-state index contributed by atoms with van der Waals surface area (Å²) in [6, 6.07) is 1.14. The summed E-state index contributed by atoms with van der Waals surface area (Å²) in [5.74, 6) is 2.15. The van der Waals surface area contributed by atoms with Gasteiger partial charge in [0.15, 0.2) is 5.65 Å². The van der Waals surface area contributed by atoms with Gasteiger partial charge in [-0.1, -0.05) is 0 Å². The molecule has 3 aromatic rings. The maximum absolute atomic E-state index is 6.07. The van der Waals surface area contributed by atoms with Gasteiger partial charge in [0, 0.05) is 41.6 Å². The Morgan fingerprint density at radius 1 is 1.27 bits per heavy atom. The summed E-state index contributed by atoms with van der Waals surface area (Å²) < 4.78 is 7.50. The van der Waals surface area contributed by atoms with E-state index in [0.717, 1.165) is 56.5 Å². The van der Waals surface area contributed by atoms with Crippen LogP contribution in [-0.4, -0.2) is 61.6 Å². The minimum absolute atomic E-state index is 0.290. The summed E-state index contributed by atoms with van der Waals surface area (Å²) in [5, 5.41) is 6.97. The second kappa shape index (κ2) is 7.39. The monoisotopic (exact) mass is 425 g/mol. The molecule has 4 heterocycles. The van der Waals surface area contributed by atoms with E-state index in [1.54, 1.807) is 18.9 Å². The molecule has 0 aromatic carbocycles. The van der Waals surface area contributed by atoms with Crippen molar-refractivity contribution < 1.29 is 4.74 Å². The van der Waals surface area contributed by atoms with Gasteiger partial charge in [0.2, 0.25) is 5.95 Å². The van der Waals surface area contributed by atoms with Crippen LogP contribution in [0.3, 0.4) is 0 Å². The lowest BCUT2D eigenvalue weighted by Crippen LogP contribution is -2.37. The van der Waals surface area contributed by atoms with E-state index in [2.05, 4.69) is 26.9 Å². The van der Waals surface area contributed by atoms with Crippen LogP contribution in [0.5, 0.6) is 5.75 Å². The van der Waals surface area contributed by atoms with Gasteiger partial charge >= 0.3 is 0 Å². The van der Waals surface area contributed by atoms with Gasteiger partial charge in [-0.15, -0.1) is 11.8 Å². The van der Waals surface area contributed by atoms with Gasteiger partial charge in [-0.3, -0.25) is 9.88 Å². The molecule has 1 fully saturated rings. The zero-order valence-electron chi connectivity index (χ0n) is 17.8. The fraction of sp³-hybridized carbons (Fsp3) is 0.524. The van der Waals surface area contributed by atoms with Crippen molar-refractivity contribution in [3.05, 3.63) is 28.7 Å². The summed E-state index contributed by atoms with van der Waals surface area (Å²) in [7, 11) is 3.93. The van der Waals surface area contributed by atoms with E-state index in [-0.39, 0.29) is 5.95 Å². The standard InChI is InChI=1S/C21H27N7OS/c1-11-8-23-16(12(2)18(11)29-4)9-28-19-17-15(26-28)7-14(27(3)13-5-6-13)10-30-20(17)25-21(22)24-19/h8,13-14H,5-7,9-10H2,1-4H3,(H2,22,24,25). The number of nitrogens with two attached hydrogens (primary N) is 1. The van der Waals surface area contributed by atoms with Crippen molar-refractivity contribution in [1.29, 1.82) is 0 Å². The molecular weight excluding hydrogens is 398 g/mol. The van der Waals surface area contributed by atoms with Crippen LogP contribution in [0.15, 0.2) is 11.2 Å². The van der Waals surface area contributed by atoms with Crippen molar-refractivity contribution in [2.75, 3.05) is 25.6 Å². The molecule has 0 radical (unpaired) electrons. The summed E-state index contributed by atoms with van der Waals surface area (Å²) in [4.78, 5) is 16.3. The molecule has 3 aromatic heterocycles. The topological polar surface area (TPSA) is 95.0 Å². The Hall–Kier alpha value is -2.39. The number of rotatable bonds is 5. The van der Waals surface area contributed by atoms with Crippen molar-refractivity contribution in [3.8, 4) is 5.75 Å². The third kappa shape index (κ3) is 3.30. The highest BCUT2D eigenvalue weighted by Gasteiger charge is 2.34. The van der Waals surface area contributed by atoms with E-state index in [9.17, 15) is 0 Å². The second-order valence-electron chi connectivity index (χ2n) is 8.30. The van der Waals surface area contributed by atoms with Crippen LogP contribution in [0.4, 0.5) is 5.95 Å². The van der Waals surface area contributed by atoms with Crippen molar-refractivity contribution in [1.82, 2.24) is 29.6 Å². The summed E-state index contributed by atoms with van der Waals surface area (Å²) in [5.41, 5.74) is 10.9. The predicted octanol–water partition coefficient (Wildman–Crippen LogP) is 2.59. The molecule has 1 saturated carbocycles. The molecule has 0 saturated heterocycles. The Morgan fingerprint density at radius 2 is 2.07 bits per heavy atom. The molecule has 2 aliphatic rings. The Balaban J connectivity index is 1.57. The number of thioether (sulfide) groups is 1. The van der Waals surface area contributed by atoms with Gasteiger partial charge < -0.3 is 10.5 Å². The number of aromatic nitrogens is 5. The lowest BCUT2D eigenvalue weighted by molar-refractivity contribution is 0.249. The highest BCUT2D eigenvalue weighted by Crippen LogP contribution is 2.37. The average Bonchev–Trinajstić information content (AvgIpc) is 3.52. The number of nitrogens with zero attached hydrogens (tertiary/aromatic N) is 6. The van der Waals surface area contributed by atoms with Gasteiger partial charge in [-0.05, 0) is 33.7 Å². The Morgan fingerprint density at radius 3 is 2.80 bits per heavy atom. The first-order valence-electron chi connectivity index (χ1n) is 10.3. The summed E-state index contributed by atoms with van der Waals surface area (Å²) in [6.45, 7) is 4.56. The van der Waals surface area contributed by atoms with Gasteiger partial charge in [-0.25, -0.2) is 9.67 Å². The number of aryl methyl sites for hydroxylation is 1. The molecule has 30 heavy (non-hydrogen) atoms. The fourth-order valence-electron chi connectivity index (χ4n) is 4.36. The molecule has 158 valence electrons. The molecule has 1 aliphatic carbocycles. The molecular formula is C21H27N7OS. The number of likely N-dealkylation sites (N-methyl/N-ethyl adjacent to an activating group) is 1. The van der Waals surface area contributed by atoms with Crippen LogP contribution in [0.25, 0.3) is 11.0 Å². The van der Waals surface area contributed by atoms with Crippen LogP contribution >= 0.6 is 11.8 Å². The molecule has 5 rings (SSSR count). The molecule has 1 aliphatic heterocycles. The van der Waals surface area contributed by atoms with Gasteiger partial charge in [-0.2, -0.15) is 10.1 Å². The van der Waals surface area contributed by atoms with Crippen molar-refractivity contribution in [2.24, 2.45) is 0 Å². The fourth-order valence-corrected chi connectivity index (χ4v) is 5.57. The first-order valence-corrected chi connectivity index (χ1v) is 11.3. The van der Waals surface area contributed by atoms with E-state index < -0.39 is 0 Å². The van der Waals surface area contributed by atoms with Crippen molar-refractivity contribution >= 4 is 28.7 Å². The minimum atomic E-state index is 0.290. The van der Waals surface area contributed by atoms with Gasteiger partial charge in [0.1, 0.15) is 10.8 Å². The highest BCUT2D eigenvalue weighted by atomic mass is 32.2. The summed E-state index contributed by atoms with van der Waals surface area (Å²) in [6.07, 6.45) is 5.33. The largest absolute Gasteiger partial charge is 0.496 e. The number of hydrogen-bond acceptors (Lipinski definition) is 8. The lowest BCUT2D eigenvalue weighted by Gasteiger charge is -2.26. The minimum Gasteiger partial charge on any atom is -0.496 e. The van der Waals surface area contributed by atoms with E-state index in [4.69, 9.17) is 15.6 Å². The number of nitrogen functional groups attached to an aromatic ring is 1. The maximum Gasteiger partial charge on any atom is 0.223 e. The molecule has 9 heteroatoms. The molecule has 2 N–H and O–H groups in total. The van der Waals surface area contributed by atoms with Crippen LogP contribution < -0.4 is 10.5 Å². The highest BCUT2D eigenvalue weighted by molar-refractivity contribution is 7.99. The van der Waals surface area contributed by atoms with Crippen molar-refractivity contribution in [3.63, 3.8) is 0 Å². The predicted molar refractivity (Wildman–Crippen MR) is 118 cm³/mol. The Kier molecular flexibility index (Phi) is 4.82. The van der Waals surface area contributed by atoms with Crippen LogP contribution in [0.2, 0.25) is 0 Å². The molecule has 1 atom stereocenters. The first kappa shape index (κ1) is 19.6. The zero-order chi connectivity index (χ0) is 21.0. The number of methoxy groups -OCH3 is 1.